The summed E-state index contributed by atoms with van der Waals surface area (Å²) in [6.07, 6.45) is 2.26. The molecule has 0 bridgehead atoms. The summed E-state index contributed by atoms with van der Waals surface area (Å²) in [5.74, 6) is 0.583. The van der Waals surface area contributed by atoms with Gasteiger partial charge in [0.05, 0.1) is 32.6 Å². The maximum Gasteiger partial charge on any atom is 0.151 e. The van der Waals surface area contributed by atoms with E-state index in [1.165, 1.54) is 23.7 Å². The van der Waals surface area contributed by atoms with E-state index in [9.17, 15) is 9.50 Å². The van der Waals surface area contributed by atoms with Crippen LogP contribution in [0, 0.1) is 5.82 Å². The number of hydrogen-bond donors (Lipinski definition) is 2. The number of pyridine rings is 1. The highest BCUT2D eigenvalue weighted by atomic mass is 35.5. The van der Waals surface area contributed by atoms with Crippen molar-refractivity contribution in [1.82, 2.24) is 19.9 Å². The van der Waals surface area contributed by atoms with Gasteiger partial charge in [-0.2, -0.15) is 0 Å². The van der Waals surface area contributed by atoms with Crippen LogP contribution in [0.15, 0.2) is 42.9 Å². The number of aliphatic hydroxyl groups excluding tert-OH is 1. The van der Waals surface area contributed by atoms with Gasteiger partial charge in [0.2, 0.25) is 0 Å². The number of nitrogens with one attached hydrogen (secondary N) is 1. The first kappa shape index (κ1) is 17.7. The molecule has 0 radical (unpaired) electrons. The van der Waals surface area contributed by atoms with Crippen LogP contribution in [0.5, 0.6) is 0 Å². The average molecular weight is 402 g/mol. The quantitative estimate of drug-likeness (QED) is 0.514. The van der Waals surface area contributed by atoms with Gasteiger partial charge in [-0.15, -0.1) is 11.3 Å². The lowest BCUT2D eigenvalue weighted by atomic mass is 10.2. The number of rotatable bonds is 4. The lowest BCUT2D eigenvalue weighted by Crippen LogP contribution is -2.01. The molecule has 136 valence electrons. The molecule has 1 aromatic carbocycles. The predicted octanol–water partition coefficient (Wildman–Crippen LogP) is 4.74. The van der Waals surface area contributed by atoms with Gasteiger partial charge in [-0.1, -0.05) is 17.7 Å². The summed E-state index contributed by atoms with van der Waals surface area (Å²) in [4.78, 5) is 17.0. The topological polar surface area (TPSA) is 83.8 Å². The Morgan fingerprint density at radius 2 is 2.07 bits per heavy atom. The molecule has 0 spiro atoms. The van der Waals surface area contributed by atoms with Crippen molar-refractivity contribution in [2.45, 2.75) is 13.0 Å². The molecule has 2 N–H and O–H groups in total. The second kappa shape index (κ2) is 7.15. The zero-order valence-electron chi connectivity index (χ0n) is 14.0. The van der Waals surface area contributed by atoms with E-state index >= 15 is 0 Å². The molecule has 3 aromatic heterocycles. The fourth-order valence-corrected chi connectivity index (χ4v) is 3.92. The molecule has 0 saturated heterocycles. The molecule has 4 rings (SSSR count). The lowest BCUT2D eigenvalue weighted by Gasteiger charge is -2.08. The van der Waals surface area contributed by atoms with Gasteiger partial charge in [0.15, 0.2) is 5.82 Å². The molecule has 0 aliphatic heterocycles. The van der Waals surface area contributed by atoms with Crippen molar-refractivity contribution in [3.8, 4) is 10.6 Å². The first-order valence-electron chi connectivity index (χ1n) is 8.00. The molecule has 0 aliphatic carbocycles. The Labute approximate surface area is 162 Å². The number of anilines is 2. The van der Waals surface area contributed by atoms with Crippen molar-refractivity contribution in [3.63, 3.8) is 0 Å². The lowest BCUT2D eigenvalue weighted by molar-refractivity contribution is 0.194. The monoisotopic (exact) mass is 401 g/mol. The number of fused-ring (bicyclic) bond motifs is 1. The molecule has 27 heavy (non-hydrogen) atoms. The standard InChI is InChI=1S/C18H13ClFN5OS/c1-9(26)13-7-14(23-8-22-13)25-17-16-12(5-6-21-17)24-18(27-16)15-10(19)3-2-4-11(15)20/h2-9,26H,1H3,(H,21,22,23,25)/t9-/m1/s1. The van der Waals surface area contributed by atoms with E-state index in [1.54, 1.807) is 37.4 Å². The fraction of sp³-hybridized carbons (Fsp3) is 0.111. The minimum atomic E-state index is -0.712. The van der Waals surface area contributed by atoms with E-state index in [1.807, 2.05) is 0 Å². The Morgan fingerprint density at radius 3 is 2.85 bits per heavy atom. The van der Waals surface area contributed by atoms with E-state index in [0.717, 1.165) is 4.70 Å². The number of aromatic nitrogens is 4. The normalized spacial score (nSPS) is 12.3. The fourth-order valence-electron chi connectivity index (χ4n) is 2.54. The third-order valence-electron chi connectivity index (χ3n) is 3.84. The summed E-state index contributed by atoms with van der Waals surface area (Å²) in [7, 11) is 0. The summed E-state index contributed by atoms with van der Waals surface area (Å²) in [6, 6.07) is 7.92. The van der Waals surface area contributed by atoms with Crippen molar-refractivity contribution in [1.29, 1.82) is 0 Å². The Kier molecular flexibility index (Phi) is 4.69. The number of nitrogens with zero attached hydrogens (tertiary/aromatic N) is 4. The minimum absolute atomic E-state index is 0.268. The number of halogens is 2. The Morgan fingerprint density at radius 1 is 1.22 bits per heavy atom. The van der Waals surface area contributed by atoms with Gasteiger partial charge in [-0.3, -0.25) is 0 Å². The number of benzene rings is 1. The Balaban J connectivity index is 1.77. The Bertz CT molecular complexity index is 1110. The van der Waals surface area contributed by atoms with E-state index in [2.05, 4.69) is 25.3 Å². The largest absolute Gasteiger partial charge is 0.387 e. The number of hydrogen-bond acceptors (Lipinski definition) is 7. The van der Waals surface area contributed by atoms with Gasteiger partial charge in [-0.05, 0) is 25.1 Å². The van der Waals surface area contributed by atoms with Gasteiger partial charge < -0.3 is 10.4 Å². The van der Waals surface area contributed by atoms with Gasteiger partial charge in [-0.25, -0.2) is 24.3 Å². The molecule has 0 unspecified atom stereocenters. The summed E-state index contributed by atoms with van der Waals surface area (Å²) >= 11 is 7.44. The molecule has 1 atom stereocenters. The summed E-state index contributed by atoms with van der Waals surface area (Å²) in [6.45, 7) is 1.62. The van der Waals surface area contributed by atoms with E-state index in [4.69, 9.17) is 11.6 Å². The molecule has 4 aromatic rings. The van der Waals surface area contributed by atoms with E-state index in [-0.39, 0.29) is 5.56 Å². The third kappa shape index (κ3) is 3.46. The van der Waals surface area contributed by atoms with Crippen molar-refractivity contribution in [2.24, 2.45) is 0 Å². The first-order chi connectivity index (χ1) is 13.0. The predicted molar refractivity (Wildman–Crippen MR) is 104 cm³/mol. The van der Waals surface area contributed by atoms with Crippen molar-refractivity contribution >= 4 is 44.8 Å². The average Bonchev–Trinajstić information content (AvgIpc) is 3.06. The highest BCUT2D eigenvalue weighted by molar-refractivity contribution is 7.22. The molecule has 0 fully saturated rings. The highest BCUT2D eigenvalue weighted by Crippen LogP contribution is 2.38. The molecule has 6 nitrogen and oxygen atoms in total. The molecule has 3 heterocycles. The molecule has 0 amide bonds. The zero-order chi connectivity index (χ0) is 19.0. The Hall–Kier alpha value is -2.68. The first-order valence-corrected chi connectivity index (χ1v) is 9.19. The van der Waals surface area contributed by atoms with Gasteiger partial charge >= 0.3 is 0 Å². The van der Waals surface area contributed by atoms with Gasteiger partial charge in [0.1, 0.15) is 23.0 Å². The van der Waals surface area contributed by atoms with Crippen LogP contribution in [0.4, 0.5) is 16.0 Å². The van der Waals surface area contributed by atoms with E-state index < -0.39 is 11.9 Å². The maximum atomic E-state index is 14.2. The SMILES string of the molecule is C[C@@H](O)c1cc(Nc2nccc3nc(-c4c(F)cccc4Cl)sc23)ncn1. The highest BCUT2D eigenvalue weighted by Gasteiger charge is 2.17. The van der Waals surface area contributed by atoms with Crippen LogP contribution in [0.3, 0.4) is 0 Å². The third-order valence-corrected chi connectivity index (χ3v) is 5.25. The maximum absolute atomic E-state index is 14.2. The van der Waals surface area contributed by atoms with Crippen LogP contribution >= 0.6 is 22.9 Å². The van der Waals surface area contributed by atoms with Crippen LogP contribution in [-0.2, 0) is 0 Å². The van der Waals surface area contributed by atoms with E-state index in [0.29, 0.717) is 32.9 Å². The second-order valence-corrected chi connectivity index (χ2v) is 7.16. The van der Waals surface area contributed by atoms with Gasteiger partial charge in [0, 0.05) is 12.3 Å². The smallest absolute Gasteiger partial charge is 0.151 e. The summed E-state index contributed by atoms with van der Waals surface area (Å²) < 4.78 is 15.0. The summed E-state index contributed by atoms with van der Waals surface area (Å²) in [5, 5.41) is 13.6. The van der Waals surface area contributed by atoms with Crippen LogP contribution < -0.4 is 5.32 Å². The second-order valence-electron chi connectivity index (χ2n) is 5.75. The van der Waals surface area contributed by atoms with Crippen LogP contribution in [0.1, 0.15) is 18.7 Å². The number of aliphatic hydroxyl groups is 1. The van der Waals surface area contributed by atoms with Crippen LogP contribution in [0.2, 0.25) is 5.02 Å². The van der Waals surface area contributed by atoms with Crippen molar-refractivity contribution in [2.75, 3.05) is 5.32 Å². The molecular weight excluding hydrogens is 389 g/mol. The molecule has 0 saturated carbocycles. The minimum Gasteiger partial charge on any atom is -0.387 e. The number of thiazole rings is 1. The molecule has 0 aliphatic rings. The van der Waals surface area contributed by atoms with Gasteiger partial charge in [0.25, 0.3) is 0 Å². The van der Waals surface area contributed by atoms with Crippen molar-refractivity contribution in [3.05, 3.63) is 59.4 Å². The van der Waals surface area contributed by atoms with Crippen molar-refractivity contribution < 1.29 is 9.50 Å². The molecule has 9 heteroatoms. The summed E-state index contributed by atoms with van der Waals surface area (Å²) in [5.41, 5.74) is 1.42. The molecular formula is C18H13ClFN5OS. The van der Waals surface area contributed by atoms with Crippen LogP contribution in [0.25, 0.3) is 20.8 Å². The van der Waals surface area contributed by atoms with Crippen LogP contribution in [-0.4, -0.2) is 25.0 Å². The zero-order valence-corrected chi connectivity index (χ0v) is 15.6.